The average molecular weight is 279 g/mol. The molecule has 5 heteroatoms. The minimum atomic E-state index is 0.0922. The molecule has 0 spiro atoms. The topological polar surface area (TPSA) is 47.0 Å². The molecule has 1 fully saturated rings. The minimum absolute atomic E-state index is 0.0922. The summed E-state index contributed by atoms with van der Waals surface area (Å²) in [7, 11) is 0. The van der Waals surface area contributed by atoms with Gasteiger partial charge in [0.25, 0.3) is 0 Å². The smallest absolute Gasteiger partial charge is 0.158 e. The largest absolute Gasteiger partial charge is 0.368 e. The lowest BCUT2D eigenvalue weighted by molar-refractivity contribution is 0.0690. The lowest BCUT2D eigenvalue weighted by atomic mass is 10.0. The van der Waals surface area contributed by atoms with Gasteiger partial charge in [-0.25, -0.2) is 9.97 Å². The summed E-state index contributed by atoms with van der Waals surface area (Å²) >= 11 is 1.94. The van der Waals surface area contributed by atoms with Gasteiger partial charge in [-0.1, -0.05) is 13.3 Å². The van der Waals surface area contributed by atoms with Crippen molar-refractivity contribution >= 4 is 11.8 Å². The van der Waals surface area contributed by atoms with E-state index in [-0.39, 0.29) is 6.10 Å². The highest BCUT2D eigenvalue weighted by Crippen LogP contribution is 2.26. The fourth-order valence-electron chi connectivity index (χ4n) is 2.66. The summed E-state index contributed by atoms with van der Waals surface area (Å²) in [6.07, 6.45) is 3.28. The van der Waals surface area contributed by atoms with Crippen molar-refractivity contribution in [1.82, 2.24) is 15.3 Å². The van der Waals surface area contributed by atoms with E-state index in [1.807, 2.05) is 11.8 Å². The molecule has 0 aliphatic carbocycles. The quantitative estimate of drug-likeness (QED) is 0.915. The van der Waals surface area contributed by atoms with E-state index in [1.165, 1.54) is 17.0 Å². The summed E-state index contributed by atoms with van der Waals surface area (Å²) in [4.78, 5) is 9.60. The first-order valence-corrected chi connectivity index (χ1v) is 8.32. The molecule has 0 saturated carbocycles. The van der Waals surface area contributed by atoms with Gasteiger partial charge in [0.05, 0.1) is 12.3 Å². The minimum Gasteiger partial charge on any atom is -0.368 e. The maximum absolute atomic E-state index is 5.83. The van der Waals surface area contributed by atoms with Gasteiger partial charge in [0.2, 0.25) is 0 Å². The van der Waals surface area contributed by atoms with Crippen LogP contribution in [0, 0.1) is 0 Å². The van der Waals surface area contributed by atoms with Crippen molar-refractivity contribution in [2.45, 2.75) is 38.8 Å². The van der Waals surface area contributed by atoms with Crippen molar-refractivity contribution in [3.8, 4) is 0 Å². The number of ether oxygens (including phenoxy) is 1. The van der Waals surface area contributed by atoms with Gasteiger partial charge in [-0.3, -0.25) is 0 Å². The molecule has 0 bridgehead atoms. The predicted molar refractivity (Wildman–Crippen MR) is 77.5 cm³/mol. The summed E-state index contributed by atoms with van der Waals surface area (Å²) < 4.78 is 5.83. The second kappa shape index (κ2) is 6.20. The number of hydrogen-bond acceptors (Lipinski definition) is 5. The fourth-order valence-corrected chi connectivity index (χ4v) is 3.50. The van der Waals surface area contributed by atoms with Crippen LogP contribution in [0.25, 0.3) is 0 Å². The Hall–Kier alpha value is -0.650. The van der Waals surface area contributed by atoms with E-state index in [0.29, 0.717) is 0 Å². The van der Waals surface area contributed by atoms with Gasteiger partial charge in [-0.15, -0.1) is 0 Å². The van der Waals surface area contributed by atoms with Gasteiger partial charge >= 0.3 is 0 Å². The highest BCUT2D eigenvalue weighted by molar-refractivity contribution is 7.99. The molecule has 1 saturated heterocycles. The molecule has 4 nitrogen and oxygen atoms in total. The maximum Gasteiger partial charge on any atom is 0.158 e. The summed E-state index contributed by atoms with van der Waals surface area (Å²) in [5.41, 5.74) is 3.81. The molecule has 0 aromatic carbocycles. The van der Waals surface area contributed by atoms with Crippen molar-refractivity contribution in [3.63, 3.8) is 0 Å². The average Bonchev–Trinajstić information content (AvgIpc) is 2.48. The third-order valence-electron chi connectivity index (χ3n) is 3.63. The molecule has 1 atom stereocenters. The summed E-state index contributed by atoms with van der Waals surface area (Å²) in [5.74, 6) is 2.99. The highest BCUT2D eigenvalue weighted by atomic mass is 32.2. The zero-order chi connectivity index (χ0) is 13.1. The molecular formula is C14H21N3OS. The Kier molecular flexibility index (Phi) is 4.35. The number of aryl methyl sites for hydroxylation is 1. The molecule has 2 aliphatic heterocycles. The monoisotopic (exact) mass is 279 g/mol. The summed E-state index contributed by atoms with van der Waals surface area (Å²) in [5, 5.41) is 3.42. The number of fused-ring (bicyclic) bond motifs is 1. The molecule has 1 unspecified atom stereocenters. The molecule has 19 heavy (non-hydrogen) atoms. The first kappa shape index (κ1) is 13.3. The van der Waals surface area contributed by atoms with E-state index in [1.54, 1.807) is 0 Å². The van der Waals surface area contributed by atoms with E-state index < -0.39 is 0 Å². The van der Waals surface area contributed by atoms with Gasteiger partial charge in [0, 0.05) is 42.3 Å². The van der Waals surface area contributed by atoms with Crippen LogP contribution in [0.15, 0.2) is 0 Å². The second-order valence-corrected chi connectivity index (χ2v) is 6.21. The van der Waals surface area contributed by atoms with E-state index in [2.05, 4.69) is 12.2 Å². The molecule has 1 aromatic heterocycles. The standard InChI is InChI=1S/C14H21N3OS/c1-2-3-11-10-8-15-5-4-12(10)17-14(16-11)13-9-19-7-6-18-13/h13,15H,2-9H2,1H3. The van der Waals surface area contributed by atoms with Crippen molar-refractivity contribution < 1.29 is 4.74 Å². The van der Waals surface area contributed by atoms with Crippen molar-refractivity contribution in [2.75, 3.05) is 24.7 Å². The highest BCUT2D eigenvalue weighted by Gasteiger charge is 2.23. The van der Waals surface area contributed by atoms with Crippen LogP contribution >= 0.6 is 11.8 Å². The summed E-state index contributed by atoms with van der Waals surface area (Å²) in [6.45, 7) is 4.97. The Balaban J connectivity index is 1.93. The Bertz CT molecular complexity index is 447. The van der Waals surface area contributed by atoms with E-state index in [0.717, 1.165) is 56.3 Å². The third-order valence-corrected chi connectivity index (χ3v) is 4.62. The number of aromatic nitrogens is 2. The number of hydrogen-bond donors (Lipinski definition) is 1. The number of thioether (sulfide) groups is 1. The molecule has 104 valence electrons. The lowest BCUT2D eigenvalue weighted by Gasteiger charge is -2.25. The molecule has 1 N–H and O–H groups in total. The van der Waals surface area contributed by atoms with Crippen molar-refractivity contribution in [2.24, 2.45) is 0 Å². The Morgan fingerprint density at radius 1 is 1.42 bits per heavy atom. The van der Waals surface area contributed by atoms with Gasteiger partial charge in [0.15, 0.2) is 5.82 Å². The Labute approximate surface area is 118 Å². The van der Waals surface area contributed by atoms with Gasteiger partial charge in [-0.2, -0.15) is 11.8 Å². The number of nitrogens with one attached hydrogen (secondary N) is 1. The summed E-state index contributed by atoms with van der Waals surface area (Å²) in [6, 6.07) is 0. The number of nitrogens with zero attached hydrogens (tertiary/aromatic N) is 2. The zero-order valence-corrected chi connectivity index (χ0v) is 12.3. The SMILES string of the molecule is CCCc1nc(C2CSCCO2)nc2c1CNCC2. The fraction of sp³-hybridized carbons (Fsp3) is 0.714. The first-order valence-electron chi connectivity index (χ1n) is 7.17. The van der Waals surface area contributed by atoms with Crippen molar-refractivity contribution in [3.05, 3.63) is 22.8 Å². The van der Waals surface area contributed by atoms with Gasteiger partial charge < -0.3 is 10.1 Å². The predicted octanol–water partition coefficient (Wildman–Crippen LogP) is 1.88. The van der Waals surface area contributed by atoms with Crippen LogP contribution in [0.5, 0.6) is 0 Å². The van der Waals surface area contributed by atoms with Crippen molar-refractivity contribution in [1.29, 1.82) is 0 Å². The van der Waals surface area contributed by atoms with E-state index in [9.17, 15) is 0 Å². The molecule has 0 amide bonds. The molecule has 2 aliphatic rings. The molecule has 3 rings (SSSR count). The first-order chi connectivity index (χ1) is 9.38. The molecule has 0 radical (unpaired) electrons. The van der Waals surface area contributed by atoms with E-state index >= 15 is 0 Å². The second-order valence-electron chi connectivity index (χ2n) is 5.06. The van der Waals surface area contributed by atoms with Crippen LogP contribution in [-0.2, 0) is 24.1 Å². The Morgan fingerprint density at radius 2 is 2.37 bits per heavy atom. The van der Waals surface area contributed by atoms with Crippen LogP contribution < -0.4 is 5.32 Å². The van der Waals surface area contributed by atoms with Crippen LogP contribution in [0.1, 0.15) is 42.2 Å². The maximum atomic E-state index is 5.83. The zero-order valence-electron chi connectivity index (χ0n) is 11.4. The molecule has 1 aromatic rings. The third kappa shape index (κ3) is 2.93. The molecule has 3 heterocycles. The number of rotatable bonds is 3. The van der Waals surface area contributed by atoms with Crippen LogP contribution in [0.4, 0.5) is 0 Å². The van der Waals surface area contributed by atoms with Crippen LogP contribution in [0.2, 0.25) is 0 Å². The normalized spacial score (nSPS) is 23.1. The Morgan fingerprint density at radius 3 is 3.16 bits per heavy atom. The van der Waals surface area contributed by atoms with Gasteiger partial charge in [0.1, 0.15) is 6.10 Å². The lowest BCUT2D eigenvalue weighted by Crippen LogP contribution is -2.28. The van der Waals surface area contributed by atoms with E-state index in [4.69, 9.17) is 14.7 Å². The van der Waals surface area contributed by atoms with Crippen LogP contribution in [-0.4, -0.2) is 34.6 Å². The van der Waals surface area contributed by atoms with Gasteiger partial charge in [-0.05, 0) is 6.42 Å². The molecular weight excluding hydrogens is 258 g/mol. The van der Waals surface area contributed by atoms with Crippen LogP contribution in [0.3, 0.4) is 0 Å².